The number of esters is 1. The van der Waals surface area contributed by atoms with Gasteiger partial charge in [0.25, 0.3) is 0 Å². The Balaban J connectivity index is 2.01. The first kappa shape index (κ1) is 13.3. The largest absolute Gasteiger partial charge is 0.469 e. The Morgan fingerprint density at radius 2 is 2.16 bits per heavy atom. The van der Waals surface area contributed by atoms with Crippen LogP contribution >= 0.6 is 0 Å². The van der Waals surface area contributed by atoms with E-state index in [1.165, 1.54) is 12.7 Å². The third kappa shape index (κ3) is 3.66. The molecule has 100 valence electrons. The Kier molecular flexibility index (Phi) is 4.30. The lowest BCUT2D eigenvalue weighted by atomic mass is 10.1. The zero-order valence-corrected chi connectivity index (χ0v) is 10.8. The van der Waals surface area contributed by atoms with E-state index >= 15 is 0 Å². The maximum absolute atomic E-state index is 11.2. The number of carbonyl (C=O) groups is 1. The maximum Gasteiger partial charge on any atom is 0.307 e. The number of hydrogen-bond acceptors (Lipinski definition) is 4. The summed E-state index contributed by atoms with van der Waals surface area (Å²) in [6.45, 7) is 0.686. The van der Waals surface area contributed by atoms with E-state index < -0.39 is 0 Å². The molecule has 0 fully saturated rings. The summed E-state index contributed by atoms with van der Waals surface area (Å²) in [5.74, 6) is -0.316. The predicted molar refractivity (Wildman–Crippen MR) is 71.3 cm³/mol. The highest BCUT2D eigenvalue weighted by Gasteiger charge is 2.13. The molecule has 1 unspecified atom stereocenters. The van der Waals surface area contributed by atoms with Gasteiger partial charge < -0.3 is 10.5 Å². The molecule has 1 aromatic heterocycles. The molecule has 0 bridgehead atoms. The van der Waals surface area contributed by atoms with E-state index in [0.717, 1.165) is 5.56 Å². The molecule has 2 N–H and O–H groups in total. The number of nitrogens with two attached hydrogens (primary N) is 1. The SMILES string of the molecule is COC(=O)CC(N)c1cnn(Cc2ccccc2)c1. The van der Waals surface area contributed by atoms with Gasteiger partial charge in [0.2, 0.25) is 0 Å². The highest BCUT2D eigenvalue weighted by Crippen LogP contribution is 2.14. The quantitative estimate of drug-likeness (QED) is 0.826. The van der Waals surface area contributed by atoms with Gasteiger partial charge in [0, 0.05) is 17.8 Å². The average Bonchev–Trinajstić information content (AvgIpc) is 2.88. The molecule has 19 heavy (non-hydrogen) atoms. The number of aromatic nitrogens is 2. The Morgan fingerprint density at radius 1 is 1.42 bits per heavy atom. The second-order valence-electron chi connectivity index (χ2n) is 4.34. The average molecular weight is 259 g/mol. The summed E-state index contributed by atoms with van der Waals surface area (Å²) in [4.78, 5) is 11.2. The van der Waals surface area contributed by atoms with Crippen molar-refractivity contribution in [1.29, 1.82) is 0 Å². The van der Waals surface area contributed by atoms with E-state index in [1.54, 1.807) is 6.20 Å². The van der Waals surface area contributed by atoms with Crippen molar-refractivity contribution in [3.63, 3.8) is 0 Å². The number of methoxy groups -OCH3 is 1. The fraction of sp³-hybridized carbons (Fsp3) is 0.286. The molecule has 1 aromatic carbocycles. The molecule has 0 aliphatic rings. The predicted octanol–water partition coefficient (Wildman–Crippen LogP) is 1.49. The van der Waals surface area contributed by atoms with Crippen LogP contribution in [0.5, 0.6) is 0 Å². The lowest BCUT2D eigenvalue weighted by Gasteiger charge is -2.07. The van der Waals surface area contributed by atoms with Gasteiger partial charge in [-0.3, -0.25) is 9.48 Å². The summed E-state index contributed by atoms with van der Waals surface area (Å²) in [6.07, 6.45) is 3.71. The summed E-state index contributed by atoms with van der Waals surface area (Å²) in [6, 6.07) is 9.65. The van der Waals surface area contributed by atoms with Crippen LogP contribution in [0.2, 0.25) is 0 Å². The Labute approximate surface area is 112 Å². The van der Waals surface area contributed by atoms with Gasteiger partial charge in [-0.15, -0.1) is 0 Å². The molecule has 2 aromatic rings. The molecule has 1 atom stereocenters. The van der Waals surface area contributed by atoms with Crippen LogP contribution in [0.3, 0.4) is 0 Å². The van der Waals surface area contributed by atoms with E-state index in [0.29, 0.717) is 6.54 Å². The smallest absolute Gasteiger partial charge is 0.307 e. The summed E-state index contributed by atoms with van der Waals surface area (Å²) in [5, 5.41) is 4.25. The fourth-order valence-electron chi connectivity index (χ4n) is 1.81. The minimum atomic E-state index is -0.378. The normalized spacial score (nSPS) is 12.1. The van der Waals surface area contributed by atoms with Crippen LogP contribution in [0.15, 0.2) is 42.7 Å². The van der Waals surface area contributed by atoms with Gasteiger partial charge in [0.05, 0.1) is 26.3 Å². The van der Waals surface area contributed by atoms with Crippen LogP contribution < -0.4 is 5.73 Å². The van der Waals surface area contributed by atoms with E-state index in [-0.39, 0.29) is 18.4 Å². The Bertz CT molecular complexity index is 537. The third-order valence-corrected chi connectivity index (χ3v) is 2.88. The number of rotatable bonds is 5. The van der Waals surface area contributed by atoms with Gasteiger partial charge in [-0.2, -0.15) is 5.10 Å². The van der Waals surface area contributed by atoms with Gasteiger partial charge in [-0.25, -0.2) is 0 Å². The van der Waals surface area contributed by atoms with E-state index in [2.05, 4.69) is 9.84 Å². The molecule has 0 saturated heterocycles. The summed E-state index contributed by atoms with van der Waals surface area (Å²) >= 11 is 0. The lowest BCUT2D eigenvalue weighted by molar-refractivity contribution is -0.141. The van der Waals surface area contributed by atoms with Gasteiger partial charge in [0.1, 0.15) is 0 Å². The maximum atomic E-state index is 11.2. The topological polar surface area (TPSA) is 70.1 Å². The summed E-state index contributed by atoms with van der Waals surface area (Å²) in [7, 11) is 1.36. The van der Waals surface area contributed by atoms with Crippen molar-refractivity contribution in [2.75, 3.05) is 7.11 Å². The highest BCUT2D eigenvalue weighted by molar-refractivity contribution is 5.70. The molecule has 0 saturated carbocycles. The van der Waals surface area contributed by atoms with Crippen molar-refractivity contribution < 1.29 is 9.53 Å². The molecular formula is C14H17N3O2. The van der Waals surface area contributed by atoms with Gasteiger partial charge in [-0.1, -0.05) is 30.3 Å². The second kappa shape index (κ2) is 6.15. The number of ether oxygens (including phenoxy) is 1. The molecule has 0 aliphatic carbocycles. The monoisotopic (exact) mass is 259 g/mol. The van der Waals surface area contributed by atoms with Crippen LogP contribution in [0.4, 0.5) is 0 Å². The number of benzene rings is 1. The molecule has 5 nitrogen and oxygen atoms in total. The van der Waals surface area contributed by atoms with Crippen molar-refractivity contribution in [2.24, 2.45) is 5.73 Å². The van der Waals surface area contributed by atoms with Crippen molar-refractivity contribution in [2.45, 2.75) is 19.0 Å². The molecule has 5 heteroatoms. The number of nitrogens with zero attached hydrogens (tertiary/aromatic N) is 2. The Morgan fingerprint density at radius 3 is 2.84 bits per heavy atom. The van der Waals surface area contributed by atoms with Crippen LogP contribution in [-0.2, 0) is 16.1 Å². The first-order valence-corrected chi connectivity index (χ1v) is 6.07. The first-order chi connectivity index (χ1) is 9.19. The molecule has 0 spiro atoms. The van der Waals surface area contributed by atoms with Gasteiger partial charge in [0.15, 0.2) is 0 Å². The molecule has 0 amide bonds. The van der Waals surface area contributed by atoms with Crippen LogP contribution in [0.1, 0.15) is 23.6 Å². The van der Waals surface area contributed by atoms with Crippen molar-refractivity contribution in [3.8, 4) is 0 Å². The van der Waals surface area contributed by atoms with Crippen molar-refractivity contribution >= 4 is 5.97 Å². The van der Waals surface area contributed by atoms with Crippen LogP contribution in [0, 0.1) is 0 Å². The highest BCUT2D eigenvalue weighted by atomic mass is 16.5. The minimum absolute atomic E-state index is 0.160. The second-order valence-corrected chi connectivity index (χ2v) is 4.34. The lowest BCUT2D eigenvalue weighted by Crippen LogP contribution is -2.15. The molecule has 0 radical (unpaired) electrons. The van der Waals surface area contributed by atoms with Gasteiger partial charge >= 0.3 is 5.97 Å². The minimum Gasteiger partial charge on any atom is -0.469 e. The van der Waals surface area contributed by atoms with Gasteiger partial charge in [-0.05, 0) is 5.56 Å². The number of carbonyl (C=O) groups excluding carboxylic acids is 1. The Hall–Kier alpha value is -2.14. The molecule has 2 rings (SSSR count). The van der Waals surface area contributed by atoms with E-state index in [4.69, 9.17) is 5.73 Å². The number of hydrogen-bond donors (Lipinski definition) is 1. The standard InChI is InChI=1S/C14H17N3O2/c1-19-14(18)7-13(15)12-8-16-17(10-12)9-11-5-3-2-4-6-11/h2-6,8,10,13H,7,9,15H2,1H3. The van der Waals surface area contributed by atoms with Crippen LogP contribution in [0.25, 0.3) is 0 Å². The summed E-state index contributed by atoms with van der Waals surface area (Å²) < 4.78 is 6.41. The molecule has 0 aliphatic heterocycles. The summed E-state index contributed by atoms with van der Waals surface area (Å²) in [5.41, 5.74) is 7.92. The van der Waals surface area contributed by atoms with Crippen molar-refractivity contribution in [1.82, 2.24) is 9.78 Å². The first-order valence-electron chi connectivity index (χ1n) is 6.07. The van der Waals surface area contributed by atoms with E-state index in [1.807, 2.05) is 41.2 Å². The molecule has 1 heterocycles. The fourth-order valence-corrected chi connectivity index (χ4v) is 1.81. The zero-order valence-electron chi connectivity index (χ0n) is 10.8. The van der Waals surface area contributed by atoms with E-state index in [9.17, 15) is 4.79 Å². The third-order valence-electron chi connectivity index (χ3n) is 2.88. The zero-order chi connectivity index (χ0) is 13.7. The van der Waals surface area contributed by atoms with Crippen molar-refractivity contribution in [3.05, 3.63) is 53.9 Å². The molecular weight excluding hydrogens is 242 g/mol. The van der Waals surface area contributed by atoms with Crippen LogP contribution in [-0.4, -0.2) is 22.9 Å².